The highest BCUT2D eigenvalue weighted by Crippen LogP contribution is 2.25. The Morgan fingerprint density at radius 1 is 1.08 bits per heavy atom. The van der Waals surface area contributed by atoms with Crippen molar-refractivity contribution in [3.8, 4) is 0 Å². The van der Waals surface area contributed by atoms with E-state index in [1.54, 1.807) is 31.3 Å². The number of hydrogen-bond acceptors (Lipinski definition) is 3. The van der Waals surface area contributed by atoms with E-state index in [0.29, 0.717) is 26.6 Å². The monoisotopic (exact) mass is 381 g/mol. The van der Waals surface area contributed by atoms with E-state index in [-0.39, 0.29) is 10.7 Å². The first kappa shape index (κ1) is 16.8. The molecule has 24 heavy (non-hydrogen) atoms. The summed E-state index contributed by atoms with van der Waals surface area (Å²) < 4.78 is 1.45. The zero-order valence-corrected chi connectivity index (χ0v) is 14.6. The van der Waals surface area contributed by atoms with Crippen LogP contribution in [0.2, 0.25) is 15.1 Å². The molecule has 5 nitrogen and oxygen atoms in total. The van der Waals surface area contributed by atoms with E-state index >= 15 is 0 Å². The topological polar surface area (TPSA) is 64.0 Å². The molecule has 2 aromatic carbocycles. The summed E-state index contributed by atoms with van der Waals surface area (Å²) in [5.41, 5.74) is 0.151. The Bertz CT molecular complexity index is 1030. The Kier molecular flexibility index (Phi) is 4.49. The Hall–Kier alpha value is -2.08. The average molecular weight is 383 g/mol. The van der Waals surface area contributed by atoms with Gasteiger partial charge in [0, 0.05) is 17.1 Å². The van der Waals surface area contributed by atoms with Gasteiger partial charge in [0.2, 0.25) is 5.43 Å². The summed E-state index contributed by atoms with van der Waals surface area (Å²) in [5, 5.41) is 8.03. The van der Waals surface area contributed by atoms with Gasteiger partial charge in [-0.25, -0.2) is 0 Å². The molecule has 0 fully saturated rings. The maximum Gasteiger partial charge on any atom is 0.280 e. The molecule has 0 spiro atoms. The van der Waals surface area contributed by atoms with Crippen LogP contribution in [0.3, 0.4) is 0 Å². The number of carbonyl (C=O) groups excluding carboxylic acids is 1. The minimum Gasteiger partial charge on any atom is -0.319 e. The third-order valence-electron chi connectivity index (χ3n) is 3.41. The van der Waals surface area contributed by atoms with Gasteiger partial charge < -0.3 is 5.32 Å². The van der Waals surface area contributed by atoms with Crippen molar-refractivity contribution < 1.29 is 4.79 Å². The van der Waals surface area contributed by atoms with Gasteiger partial charge >= 0.3 is 0 Å². The quantitative estimate of drug-likeness (QED) is 0.724. The zero-order chi connectivity index (χ0) is 17.4. The molecule has 1 heterocycles. The van der Waals surface area contributed by atoms with Crippen LogP contribution < -0.4 is 10.7 Å². The SMILES string of the molecule is Cn1nc(C(=O)Nc2ccc(Cl)cc2Cl)c(=O)c2cc(Cl)ccc21. The molecule has 1 aromatic heterocycles. The molecule has 8 heteroatoms. The van der Waals surface area contributed by atoms with Gasteiger partial charge in [-0.3, -0.25) is 14.3 Å². The number of hydrogen-bond donors (Lipinski definition) is 1. The predicted molar refractivity (Wildman–Crippen MR) is 96.4 cm³/mol. The van der Waals surface area contributed by atoms with Crippen molar-refractivity contribution in [2.75, 3.05) is 5.32 Å². The van der Waals surface area contributed by atoms with E-state index < -0.39 is 11.3 Å². The first-order valence-corrected chi connectivity index (χ1v) is 7.93. The Balaban J connectivity index is 2.07. The number of halogens is 3. The van der Waals surface area contributed by atoms with E-state index in [0.717, 1.165) is 0 Å². The number of carbonyl (C=O) groups is 1. The molecule has 0 aliphatic rings. The molecule has 122 valence electrons. The van der Waals surface area contributed by atoms with Crippen LogP contribution in [0, 0.1) is 0 Å². The van der Waals surface area contributed by atoms with Gasteiger partial charge in [0.15, 0.2) is 5.69 Å². The molecule has 3 rings (SSSR count). The highest BCUT2D eigenvalue weighted by molar-refractivity contribution is 6.36. The van der Waals surface area contributed by atoms with E-state index in [9.17, 15) is 9.59 Å². The molecular weight excluding hydrogens is 373 g/mol. The summed E-state index contributed by atoms with van der Waals surface area (Å²) in [6, 6.07) is 9.44. The molecule has 0 saturated heterocycles. The number of aromatic nitrogens is 2. The van der Waals surface area contributed by atoms with Gasteiger partial charge in [0.05, 0.1) is 21.6 Å². The van der Waals surface area contributed by atoms with Crippen LogP contribution in [-0.4, -0.2) is 15.7 Å². The lowest BCUT2D eigenvalue weighted by Crippen LogP contribution is -2.26. The van der Waals surface area contributed by atoms with Crippen LogP contribution in [0.1, 0.15) is 10.5 Å². The number of anilines is 1. The number of aryl methyl sites for hydroxylation is 1. The van der Waals surface area contributed by atoms with Crippen molar-refractivity contribution in [1.82, 2.24) is 9.78 Å². The van der Waals surface area contributed by atoms with Crippen molar-refractivity contribution >= 4 is 57.3 Å². The predicted octanol–water partition coefficient (Wildman–Crippen LogP) is 4.15. The second-order valence-corrected chi connectivity index (χ2v) is 6.32. The molecule has 0 aliphatic carbocycles. The van der Waals surface area contributed by atoms with Crippen molar-refractivity contribution in [1.29, 1.82) is 0 Å². The molecule has 1 amide bonds. The summed E-state index contributed by atoms with van der Waals surface area (Å²) in [6.07, 6.45) is 0. The fourth-order valence-electron chi connectivity index (χ4n) is 2.27. The normalized spacial score (nSPS) is 10.8. The molecule has 1 N–H and O–H groups in total. The van der Waals surface area contributed by atoms with Crippen molar-refractivity contribution in [3.05, 3.63) is 67.4 Å². The molecule has 0 aliphatic heterocycles. The molecule has 3 aromatic rings. The second kappa shape index (κ2) is 6.43. The van der Waals surface area contributed by atoms with Crippen molar-refractivity contribution in [3.63, 3.8) is 0 Å². The lowest BCUT2D eigenvalue weighted by atomic mass is 10.2. The van der Waals surface area contributed by atoms with Crippen LogP contribution in [0.4, 0.5) is 5.69 Å². The third kappa shape index (κ3) is 3.11. The van der Waals surface area contributed by atoms with Crippen LogP contribution in [0.15, 0.2) is 41.2 Å². The largest absolute Gasteiger partial charge is 0.319 e. The van der Waals surface area contributed by atoms with E-state index in [4.69, 9.17) is 34.8 Å². The lowest BCUT2D eigenvalue weighted by molar-refractivity contribution is 0.101. The molecule has 0 unspecified atom stereocenters. The average Bonchev–Trinajstić information content (AvgIpc) is 2.53. The highest BCUT2D eigenvalue weighted by Gasteiger charge is 2.18. The van der Waals surface area contributed by atoms with Gasteiger partial charge in [-0.2, -0.15) is 5.10 Å². The number of fused-ring (bicyclic) bond motifs is 1. The molecule has 0 saturated carbocycles. The minimum atomic E-state index is -0.665. The summed E-state index contributed by atoms with van der Waals surface area (Å²) in [4.78, 5) is 25.0. The van der Waals surface area contributed by atoms with Gasteiger partial charge in [-0.05, 0) is 36.4 Å². The van der Waals surface area contributed by atoms with Crippen LogP contribution >= 0.6 is 34.8 Å². The van der Waals surface area contributed by atoms with E-state index in [1.807, 2.05) is 0 Å². The van der Waals surface area contributed by atoms with Crippen molar-refractivity contribution in [2.24, 2.45) is 7.05 Å². The van der Waals surface area contributed by atoms with E-state index in [2.05, 4.69) is 10.4 Å². The lowest BCUT2D eigenvalue weighted by Gasteiger charge is -2.10. The minimum absolute atomic E-state index is 0.252. The summed E-state index contributed by atoms with van der Waals surface area (Å²) >= 11 is 17.8. The second-order valence-electron chi connectivity index (χ2n) is 5.04. The van der Waals surface area contributed by atoms with Crippen molar-refractivity contribution in [2.45, 2.75) is 0 Å². The maximum atomic E-state index is 12.6. The van der Waals surface area contributed by atoms with E-state index in [1.165, 1.54) is 16.8 Å². The van der Waals surface area contributed by atoms with Gasteiger partial charge in [-0.15, -0.1) is 0 Å². The summed E-state index contributed by atoms with van der Waals surface area (Å²) in [6.45, 7) is 0. The first-order chi connectivity index (χ1) is 11.4. The summed E-state index contributed by atoms with van der Waals surface area (Å²) in [7, 11) is 1.64. The first-order valence-electron chi connectivity index (χ1n) is 6.80. The molecule has 0 atom stereocenters. The Labute approximate surface area is 151 Å². The summed E-state index contributed by atoms with van der Waals surface area (Å²) in [5.74, 6) is -0.665. The van der Waals surface area contributed by atoms with Gasteiger partial charge in [0.1, 0.15) is 0 Å². The number of nitrogens with one attached hydrogen (secondary N) is 1. The Morgan fingerprint density at radius 3 is 2.46 bits per heavy atom. The zero-order valence-electron chi connectivity index (χ0n) is 12.3. The van der Waals surface area contributed by atoms with Gasteiger partial charge in [-0.1, -0.05) is 34.8 Å². The maximum absolute atomic E-state index is 12.6. The molecule has 0 radical (unpaired) electrons. The highest BCUT2D eigenvalue weighted by atomic mass is 35.5. The molecular formula is C16H10Cl3N3O2. The Morgan fingerprint density at radius 2 is 1.75 bits per heavy atom. The fraction of sp³-hybridized carbons (Fsp3) is 0.0625. The van der Waals surface area contributed by atoms with Gasteiger partial charge in [0.25, 0.3) is 5.91 Å². The third-order valence-corrected chi connectivity index (χ3v) is 4.19. The number of rotatable bonds is 2. The standard InChI is InChI=1S/C16H10Cl3N3O2/c1-22-13-5-3-8(17)6-10(13)15(23)14(21-22)16(24)20-12-4-2-9(18)7-11(12)19/h2-7H,1H3,(H,20,24). The number of nitrogens with zero attached hydrogens (tertiary/aromatic N) is 2. The molecule has 0 bridgehead atoms. The smallest absolute Gasteiger partial charge is 0.280 e. The van der Waals surface area contributed by atoms with Crippen LogP contribution in [0.25, 0.3) is 10.9 Å². The fourth-order valence-corrected chi connectivity index (χ4v) is 2.90. The van der Waals surface area contributed by atoms with Crippen LogP contribution in [0.5, 0.6) is 0 Å². The number of amides is 1. The van der Waals surface area contributed by atoms with Crippen LogP contribution in [-0.2, 0) is 7.05 Å². The number of benzene rings is 2.